The summed E-state index contributed by atoms with van der Waals surface area (Å²) in [5.41, 5.74) is 13.0. The second-order valence-electron chi connectivity index (χ2n) is 12.4. The molecule has 0 radical (unpaired) electrons. The maximum absolute atomic E-state index is 6.23. The molecule has 0 unspecified atom stereocenters. The summed E-state index contributed by atoms with van der Waals surface area (Å²) in [4.78, 5) is 2.64. The van der Waals surface area contributed by atoms with Crippen LogP contribution in [0.15, 0.2) is 166 Å². The number of aromatic nitrogens is 1. The molecule has 3 heterocycles. The van der Waals surface area contributed by atoms with Gasteiger partial charge in [0.1, 0.15) is 11.2 Å². The molecule has 11 rings (SSSR count). The fourth-order valence-corrected chi connectivity index (χ4v) is 9.66. The van der Waals surface area contributed by atoms with Gasteiger partial charge in [0.25, 0.3) is 0 Å². The van der Waals surface area contributed by atoms with Gasteiger partial charge in [-0.05, 0) is 81.9 Å². The van der Waals surface area contributed by atoms with Crippen molar-refractivity contribution in [3.63, 3.8) is 0 Å². The molecule has 1 aliphatic carbocycles. The van der Waals surface area contributed by atoms with Crippen molar-refractivity contribution in [1.29, 1.82) is 0 Å². The van der Waals surface area contributed by atoms with Gasteiger partial charge in [-0.1, -0.05) is 115 Å². The van der Waals surface area contributed by atoms with Crippen LogP contribution in [-0.2, 0) is 5.41 Å². The number of nitrogens with zero attached hydrogens (tertiary/aromatic N) is 1. The minimum atomic E-state index is -0.412. The van der Waals surface area contributed by atoms with E-state index in [2.05, 4.69) is 144 Å². The van der Waals surface area contributed by atoms with Crippen molar-refractivity contribution in [3.8, 4) is 16.8 Å². The van der Waals surface area contributed by atoms with Gasteiger partial charge in [0.15, 0.2) is 0 Å². The highest BCUT2D eigenvalue weighted by Gasteiger charge is 2.50. The van der Waals surface area contributed by atoms with E-state index in [1.807, 2.05) is 23.9 Å². The Balaban J connectivity index is 1.29. The van der Waals surface area contributed by atoms with Crippen LogP contribution >= 0.6 is 11.8 Å². The standard InChI is InChI=1S/C43H25NOS/c1-5-15-33-27(11-1)28-12-2-6-16-34(28)43(33)35-17-7-10-20-41(35)46-42-24-31-29-13-3-8-18-37(29)44(38(31)25-36(42)43)26-21-22-40-32(23-26)30-14-4-9-19-39(30)45-40/h1-25H. The predicted molar refractivity (Wildman–Crippen MR) is 189 cm³/mol. The highest BCUT2D eigenvalue weighted by molar-refractivity contribution is 7.99. The summed E-state index contributed by atoms with van der Waals surface area (Å²) in [5.74, 6) is 0. The summed E-state index contributed by atoms with van der Waals surface area (Å²) < 4.78 is 8.68. The first kappa shape index (κ1) is 24.8. The average molecular weight is 604 g/mol. The van der Waals surface area contributed by atoms with Gasteiger partial charge >= 0.3 is 0 Å². The molecule has 214 valence electrons. The van der Waals surface area contributed by atoms with Crippen molar-refractivity contribution in [3.05, 3.63) is 174 Å². The Morgan fingerprint density at radius 2 is 1.09 bits per heavy atom. The van der Waals surface area contributed by atoms with Gasteiger partial charge in [0.2, 0.25) is 0 Å². The summed E-state index contributed by atoms with van der Waals surface area (Å²) in [6.45, 7) is 0. The zero-order valence-electron chi connectivity index (χ0n) is 24.7. The molecular weight excluding hydrogens is 579 g/mol. The van der Waals surface area contributed by atoms with Crippen molar-refractivity contribution in [2.45, 2.75) is 15.2 Å². The van der Waals surface area contributed by atoms with Crippen molar-refractivity contribution in [2.75, 3.05) is 0 Å². The smallest absolute Gasteiger partial charge is 0.135 e. The van der Waals surface area contributed by atoms with Crippen LogP contribution in [0.5, 0.6) is 0 Å². The van der Waals surface area contributed by atoms with Crippen LogP contribution in [0, 0.1) is 0 Å². The lowest BCUT2D eigenvalue weighted by molar-refractivity contribution is 0.669. The Bertz CT molecular complexity index is 2700. The van der Waals surface area contributed by atoms with Crippen LogP contribution < -0.4 is 0 Å². The lowest BCUT2D eigenvalue weighted by atomic mass is 9.67. The number of furan rings is 1. The van der Waals surface area contributed by atoms with Gasteiger partial charge in [-0.3, -0.25) is 0 Å². The Morgan fingerprint density at radius 3 is 1.91 bits per heavy atom. The molecule has 0 amide bonds. The Hall–Kier alpha value is -5.51. The van der Waals surface area contributed by atoms with Crippen LogP contribution in [0.25, 0.3) is 60.6 Å². The number of rotatable bonds is 1. The first-order valence-corrected chi connectivity index (χ1v) is 16.6. The van der Waals surface area contributed by atoms with Crippen LogP contribution in [0.2, 0.25) is 0 Å². The van der Waals surface area contributed by atoms with Crippen molar-refractivity contribution in [2.24, 2.45) is 0 Å². The van der Waals surface area contributed by atoms with E-state index in [1.165, 1.54) is 65.0 Å². The van der Waals surface area contributed by atoms with E-state index < -0.39 is 5.41 Å². The molecule has 2 aromatic heterocycles. The third-order valence-electron chi connectivity index (χ3n) is 10.3. The fourth-order valence-electron chi connectivity index (χ4n) is 8.45. The molecule has 9 aromatic rings. The molecule has 0 bridgehead atoms. The van der Waals surface area contributed by atoms with E-state index in [-0.39, 0.29) is 0 Å². The molecule has 1 spiro atoms. The van der Waals surface area contributed by atoms with E-state index in [1.54, 1.807) is 0 Å². The highest BCUT2D eigenvalue weighted by Crippen LogP contribution is 2.62. The molecule has 0 fully saturated rings. The average Bonchev–Trinajstić information content (AvgIpc) is 3.74. The predicted octanol–water partition coefficient (Wildman–Crippen LogP) is 11.5. The van der Waals surface area contributed by atoms with Gasteiger partial charge in [0.05, 0.1) is 16.4 Å². The molecule has 1 aliphatic heterocycles. The topological polar surface area (TPSA) is 18.1 Å². The van der Waals surface area contributed by atoms with Gasteiger partial charge in [-0.25, -0.2) is 0 Å². The molecular formula is C43H25NOS. The molecule has 0 saturated carbocycles. The third kappa shape index (κ3) is 2.99. The molecule has 2 nitrogen and oxygen atoms in total. The van der Waals surface area contributed by atoms with Crippen LogP contribution in [0.1, 0.15) is 22.3 Å². The van der Waals surface area contributed by atoms with E-state index >= 15 is 0 Å². The molecule has 46 heavy (non-hydrogen) atoms. The molecule has 0 atom stereocenters. The normalized spacial score (nSPS) is 14.2. The first-order valence-electron chi connectivity index (χ1n) is 15.8. The second kappa shape index (κ2) is 8.81. The zero-order chi connectivity index (χ0) is 30.0. The summed E-state index contributed by atoms with van der Waals surface area (Å²) in [5, 5.41) is 4.81. The van der Waals surface area contributed by atoms with E-state index in [9.17, 15) is 0 Å². The number of fused-ring (bicyclic) bond motifs is 15. The Morgan fingerprint density at radius 1 is 0.435 bits per heavy atom. The number of benzene rings is 7. The molecule has 7 aromatic carbocycles. The Labute approximate surface area is 269 Å². The Kier molecular flexibility index (Phi) is 4.74. The van der Waals surface area contributed by atoms with Crippen LogP contribution in [-0.4, -0.2) is 4.57 Å². The minimum Gasteiger partial charge on any atom is -0.456 e. The summed E-state index contributed by atoms with van der Waals surface area (Å²) in [7, 11) is 0. The summed E-state index contributed by atoms with van der Waals surface area (Å²) >= 11 is 1.90. The first-order chi connectivity index (χ1) is 22.8. The van der Waals surface area contributed by atoms with Crippen molar-refractivity contribution < 1.29 is 4.42 Å². The van der Waals surface area contributed by atoms with E-state index in [4.69, 9.17) is 4.42 Å². The monoisotopic (exact) mass is 603 g/mol. The highest BCUT2D eigenvalue weighted by atomic mass is 32.2. The van der Waals surface area contributed by atoms with E-state index in [0.29, 0.717) is 0 Å². The van der Waals surface area contributed by atoms with Gasteiger partial charge in [-0.15, -0.1) is 0 Å². The van der Waals surface area contributed by atoms with Gasteiger partial charge in [-0.2, -0.15) is 0 Å². The molecule has 3 heteroatoms. The molecule has 0 N–H and O–H groups in total. The van der Waals surface area contributed by atoms with Crippen molar-refractivity contribution in [1.82, 2.24) is 4.57 Å². The third-order valence-corrected chi connectivity index (χ3v) is 11.4. The van der Waals surface area contributed by atoms with Crippen molar-refractivity contribution >= 4 is 55.5 Å². The summed E-state index contributed by atoms with van der Waals surface area (Å²) in [6.07, 6.45) is 0. The quantitative estimate of drug-likeness (QED) is 0.186. The number of hydrogen-bond donors (Lipinski definition) is 0. The minimum absolute atomic E-state index is 0.412. The van der Waals surface area contributed by atoms with Gasteiger partial charge in [0, 0.05) is 37.0 Å². The van der Waals surface area contributed by atoms with Gasteiger partial charge < -0.3 is 8.98 Å². The molecule has 0 saturated heterocycles. The summed E-state index contributed by atoms with van der Waals surface area (Å²) in [6, 6.07) is 55.8. The zero-order valence-corrected chi connectivity index (χ0v) is 25.5. The lowest BCUT2D eigenvalue weighted by Crippen LogP contribution is -2.32. The second-order valence-corrected chi connectivity index (χ2v) is 13.5. The number of para-hydroxylation sites is 2. The SMILES string of the molecule is c1ccc2c(c1)Sc1cc3c4ccccc4n(-c4ccc5oc6ccccc6c5c4)c3cc1C21c2ccccc2-c2ccccc21. The number of hydrogen-bond acceptors (Lipinski definition) is 2. The maximum atomic E-state index is 6.23. The van der Waals surface area contributed by atoms with E-state index in [0.717, 1.165) is 27.6 Å². The van der Waals surface area contributed by atoms with Crippen LogP contribution in [0.3, 0.4) is 0 Å². The molecule has 2 aliphatic rings. The van der Waals surface area contributed by atoms with Crippen LogP contribution in [0.4, 0.5) is 0 Å². The lowest BCUT2D eigenvalue weighted by Gasteiger charge is -2.39. The maximum Gasteiger partial charge on any atom is 0.135 e. The largest absolute Gasteiger partial charge is 0.456 e. The fraction of sp³-hybridized carbons (Fsp3) is 0.0233.